The fourth-order valence-corrected chi connectivity index (χ4v) is 4.21. The van der Waals surface area contributed by atoms with E-state index in [4.69, 9.17) is 4.98 Å². The molecular weight excluding hydrogens is 366 g/mol. The maximum absolute atomic E-state index is 12.4. The molecule has 2 aliphatic rings. The molecule has 0 spiro atoms. The first kappa shape index (κ1) is 21.1. The van der Waals surface area contributed by atoms with Gasteiger partial charge in [0, 0.05) is 37.9 Å². The highest BCUT2D eigenvalue weighted by Gasteiger charge is 2.30. The molecule has 7 nitrogen and oxygen atoms in total. The summed E-state index contributed by atoms with van der Waals surface area (Å²) in [5.74, 6) is 0.215. The number of fused-ring (bicyclic) bond motifs is 1. The van der Waals surface area contributed by atoms with E-state index in [2.05, 4.69) is 30.1 Å². The van der Waals surface area contributed by atoms with Gasteiger partial charge in [-0.3, -0.25) is 9.59 Å². The van der Waals surface area contributed by atoms with Gasteiger partial charge in [0.05, 0.1) is 5.56 Å². The molecule has 1 aliphatic carbocycles. The standard InChI is InChI=1S/C22H31N5O2/c1-14(2)12-19-17-7-5-6-16(17)18(13-23)20(25-19)26-8-10-27(11-9-26)22(29)21(28)24-15(3)4/h14-15H,5-12H2,1-4H3,(H,24,28). The highest BCUT2D eigenvalue weighted by atomic mass is 16.2. The Morgan fingerprint density at radius 3 is 2.34 bits per heavy atom. The number of aromatic nitrogens is 1. The third kappa shape index (κ3) is 4.52. The normalized spacial score (nSPS) is 16.2. The van der Waals surface area contributed by atoms with E-state index < -0.39 is 11.8 Å². The lowest BCUT2D eigenvalue weighted by Gasteiger charge is -2.36. The van der Waals surface area contributed by atoms with E-state index in [1.807, 2.05) is 13.8 Å². The molecular formula is C22H31N5O2. The van der Waals surface area contributed by atoms with Crippen LogP contribution in [0.25, 0.3) is 0 Å². The van der Waals surface area contributed by atoms with Gasteiger partial charge in [0.25, 0.3) is 0 Å². The summed E-state index contributed by atoms with van der Waals surface area (Å²) in [5.41, 5.74) is 4.26. The smallest absolute Gasteiger partial charge is 0.312 e. The Labute approximate surface area is 173 Å². The van der Waals surface area contributed by atoms with Crippen molar-refractivity contribution >= 4 is 17.6 Å². The Balaban J connectivity index is 1.79. The summed E-state index contributed by atoms with van der Waals surface area (Å²) in [4.78, 5) is 33.0. The highest BCUT2D eigenvalue weighted by molar-refractivity contribution is 6.35. The zero-order chi connectivity index (χ0) is 21.1. The Morgan fingerprint density at radius 2 is 1.76 bits per heavy atom. The second kappa shape index (κ2) is 8.81. The van der Waals surface area contributed by atoms with Gasteiger partial charge in [-0.15, -0.1) is 0 Å². The average molecular weight is 398 g/mol. The van der Waals surface area contributed by atoms with Crippen LogP contribution in [-0.4, -0.2) is 53.9 Å². The van der Waals surface area contributed by atoms with E-state index >= 15 is 0 Å². The number of piperazine rings is 1. The predicted octanol–water partition coefficient (Wildman–Crippen LogP) is 1.81. The fourth-order valence-electron chi connectivity index (χ4n) is 4.21. The molecule has 0 radical (unpaired) electrons. The minimum Gasteiger partial charge on any atom is -0.352 e. The molecule has 2 heterocycles. The zero-order valence-corrected chi connectivity index (χ0v) is 17.9. The van der Waals surface area contributed by atoms with Crippen LogP contribution in [0.2, 0.25) is 0 Å². The number of nitriles is 1. The number of nitrogens with zero attached hydrogens (tertiary/aromatic N) is 4. The van der Waals surface area contributed by atoms with Crippen molar-refractivity contribution < 1.29 is 9.59 Å². The van der Waals surface area contributed by atoms with E-state index in [0.29, 0.717) is 37.7 Å². The van der Waals surface area contributed by atoms with Gasteiger partial charge in [-0.05, 0) is 56.6 Å². The SMILES string of the molecule is CC(C)Cc1nc(N2CCN(C(=O)C(=O)NC(C)C)CC2)c(C#N)c2c1CCC2. The summed E-state index contributed by atoms with van der Waals surface area (Å²) >= 11 is 0. The molecule has 2 amide bonds. The van der Waals surface area contributed by atoms with Gasteiger partial charge >= 0.3 is 11.8 Å². The van der Waals surface area contributed by atoms with Gasteiger partial charge in [-0.1, -0.05) is 13.8 Å². The summed E-state index contributed by atoms with van der Waals surface area (Å²) in [6.07, 6.45) is 3.93. The molecule has 29 heavy (non-hydrogen) atoms. The molecule has 0 atom stereocenters. The number of carbonyl (C=O) groups is 2. The van der Waals surface area contributed by atoms with Crippen molar-refractivity contribution in [1.29, 1.82) is 5.26 Å². The molecule has 3 rings (SSSR count). The highest BCUT2D eigenvalue weighted by Crippen LogP contribution is 2.34. The van der Waals surface area contributed by atoms with Crippen LogP contribution in [0.5, 0.6) is 0 Å². The Kier molecular flexibility index (Phi) is 6.41. The third-order valence-corrected chi connectivity index (χ3v) is 5.53. The topological polar surface area (TPSA) is 89.3 Å². The second-order valence-corrected chi connectivity index (χ2v) is 8.68. The van der Waals surface area contributed by atoms with Crippen LogP contribution in [0, 0.1) is 17.2 Å². The van der Waals surface area contributed by atoms with E-state index in [1.54, 1.807) is 4.90 Å². The summed E-state index contributed by atoms with van der Waals surface area (Å²) in [5, 5.41) is 12.5. The Bertz CT molecular complexity index is 833. The monoisotopic (exact) mass is 397 g/mol. The van der Waals surface area contributed by atoms with Gasteiger partial charge in [0.15, 0.2) is 0 Å². The number of amides is 2. The number of nitrogens with one attached hydrogen (secondary N) is 1. The first-order valence-corrected chi connectivity index (χ1v) is 10.6. The minimum atomic E-state index is -0.555. The van der Waals surface area contributed by atoms with E-state index in [-0.39, 0.29) is 6.04 Å². The van der Waals surface area contributed by atoms with Crippen molar-refractivity contribution in [3.05, 3.63) is 22.4 Å². The van der Waals surface area contributed by atoms with Crippen LogP contribution >= 0.6 is 0 Å². The minimum absolute atomic E-state index is 0.0686. The fraction of sp³-hybridized carbons (Fsp3) is 0.636. The van der Waals surface area contributed by atoms with Gasteiger partial charge in [0.1, 0.15) is 11.9 Å². The van der Waals surface area contributed by atoms with Crippen LogP contribution in [0.3, 0.4) is 0 Å². The molecule has 1 aromatic rings. The number of hydrogen-bond donors (Lipinski definition) is 1. The predicted molar refractivity (Wildman–Crippen MR) is 112 cm³/mol. The van der Waals surface area contributed by atoms with Crippen molar-refractivity contribution in [2.45, 2.75) is 59.4 Å². The molecule has 1 N–H and O–H groups in total. The molecule has 0 unspecified atom stereocenters. The molecule has 1 aliphatic heterocycles. The first-order valence-electron chi connectivity index (χ1n) is 10.6. The van der Waals surface area contributed by atoms with Crippen LogP contribution < -0.4 is 10.2 Å². The molecule has 1 saturated heterocycles. The van der Waals surface area contributed by atoms with Crippen molar-refractivity contribution in [1.82, 2.24) is 15.2 Å². The van der Waals surface area contributed by atoms with Crippen LogP contribution in [0.4, 0.5) is 5.82 Å². The van der Waals surface area contributed by atoms with E-state index in [0.717, 1.165) is 37.2 Å². The summed E-state index contributed by atoms with van der Waals surface area (Å²) in [7, 11) is 0. The third-order valence-electron chi connectivity index (χ3n) is 5.53. The molecule has 0 saturated carbocycles. The van der Waals surface area contributed by atoms with Crippen molar-refractivity contribution in [3.8, 4) is 6.07 Å². The largest absolute Gasteiger partial charge is 0.352 e. The number of carbonyl (C=O) groups excluding carboxylic acids is 2. The van der Waals surface area contributed by atoms with Gasteiger partial charge in [0.2, 0.25) is 0 Å². The molecule has 0 bridgehead atoms. The number of rotatable bonds is 4. The number of anilines is 1. The second-order valence-electron chi connectivity index (χ2n) is 8.68. The number of hydrogen-bond acceptors (Lipinski definition) is 5. The maximum Gasteiger partial charge on any atom is 0.312 e. The summed E-state index contributed by atoms with van der Waals surface area (Å²) in [6.45, 7) is 10.1. The number of pyridine rings is 1. The van der Waals surface area contributed by atoms with Crippen molar-refractivity contribution in [3.63, 3.8) is 0 Å². The molecule has 1 aromatic heterocycles. The zero-order valence-electron chi connectivity index (χ0n) is 17.9. The summed E-state index contributed by atoms with van der Waals surface area (Å²) < 4.78 is 0. The first-order chi connectivity index (χ1) is 13.8. The van der Waals surface area contributed by atoms with Gasteiger partial charge in [-0.25, -0.2) is 4.98 Å². The van der Waals surface area contributed by atoms with E-state index in [1.165, 1.54) is 11.1 Å². The van der Waals surface area contributed by atoms with Crippen LogP contribution in [0.1, 0.15) is 56.5 Å². The molecule has 7 heteroatoms. The Morgan fingerprint density at radius 1 is 1.10 bits per heavy atom. The molecule has 1 fully saturated rings. The molecule has 0 aromatic carbocycles. The van der Waals surface area contributed by atoms with Gasteiger partial charge < -0.3 is 15.1 Å². The van der Waals surface area contributed by atoms with Crippen LogP contribution in [-0.2, 0) is 28.9 Å². The lowest BCUT2D eigenvalue weighted by Crippen LogP contribution is -2.53. The van der Waals surface area contributed by atoms with Crippen molar-refractivity contribution in [2.75, 3.05) is 31.1 Å². The summed E-state index contributed by atoms with van der Waals surface area (Å²) in [6, 6.07) is 2.33. The average Bonchev–Trinajstić information content (AvgIpc) is 3.16. The lowest BCUT2D eigenvalue weighted by atomic mass is 9.97. The van der Waals surface area contributed by atoms with Crippen molar-refractivity contribution in [2.24, 2.45) is 5.92 Å². The quantitative estimate of drug-likeness (QED) is 0.783. The lowest BCUT2D eigenvalue weighted by molar-refractivity contribution is -0.146. The maximum atomic E-state index is 12.4. The molecule has 156 valence electrons. The van der Waals surface area contributed by atoms with E-state index in [9.17, 15) is 14.9 Å². The van der Waals surface area contributed by atoms with Gasteiger partial charge in [-0.2, -0.15) is 5.26 Å². The Hall–Kier alpha value is -2.62. The van der Waals surface area contributed by atoms with Crippen LogP contribution in [0.15, 0.2) is 0 Å².